The molecule has 4 rings (SSSR count). The van der Waals surface area contributed by atoms with Crippen LogP contribution in [0.25, 0.3) is 22.0 Å². The fourth-order valence-electron chi connectivity index (χ4n) is 3.95. The van der Waals surface area contributed by atoms with Crippen molar-refractivity contribution in [3.63, 3.8) is 0 Å². The molecule has 1 aliphatic carbocycles. The van der Waals surface area contributed by atoms with Crippen LogP contribution in [0.15, 0.2) is 36.4 Å². The fourth-order valence-corrected chi connectivity index (χ4v) is 3.95. The van der Waals surface area contributed by atoms with Crippen molar-refractivity contribution >= 4 is 22.6 Å². The Hall–Kier alpha value is -2.62. The first-order chi connectivity index (χ1) is 12.1. The molecule has 0 radical (unpaired) electrons. The summed E-state index contributed by atoms with van der Waals surface area (Å²) in [5.74, 6) is 0.880. The predicted molar refractivity (Wildman–Crippen MR) is 102 cm³/mol. The highest BCUT2D eigenvalue weighted by Gasteiger charge is 2.23. The molecule has 128 valence electrons. The number of hydrogen-bond donors (Lipinski definition) is 2. The Morgan fingerprint density at radius 1 is 1.12 bits per heavy atom. The minimum atomic E-state index is 0.102. The molecule has 1 saturated carbocycles. The third kappa shape index (κ3) is 2.93. The Balaban J connectivity index is 1.66. The lowest BCUT2D eigenvalue weighted by Crippen LogP contribution is -2.20. The summed E-state index contributed by atoms with van der Waals surface area (Å²) in [4.78, 5) is 12.4. The van der Waals surface area contributed by atoms with Gasteiger partial charge in [-0.05, 0) is 61.1 Å². The molecular formula is C21H23N3O. The van der Waals surface area contributed by atoms with Crippen LogP contribution in [0.2, 0.25) is 0 Å². The van der Waals surface area contributed by atoms with Gasteiger partial charge in [-0.2, -0.15) is 5.10 Å². The summed E-state index contributed by atoms with van der Waals surface area (Å²) in [5.41, 5.74) is 5.89. The van der Waals surface area contributed by atoms with E-state index in [1.54, 1.807) is 0 Å². The second kappa shape index (κ2) is 6.36. The SMILES string of the molecule is Cc1cccc(C)c1-c1ccc2c(NC(=O)C3CCCC3)n[nH]c2c1. The number of fused-ring (bicyclic) bond motifs is 1. The number of aryl methyl sites for hydroxylation is 2. The molecule has 4 heteroatoms. The molecule has 2 aromatic carbocycles. The van der Waals surface area contributed by atoms with Gasteiger partial charge in [-0.15, -0.1) is 0 Å². The van der Waals surface area contributed by atoms with E-state index in [2.05, 4.69) is 59.7 Å². The van der Waals surface area contributed by atoms with E-state index in [0.717, 1.165) is 36.6 Å². The molecule has 0 aliphatic heterocycles. The Morgan fingerprint density at radius 2 is 1.84 bits per heavy atom. The van der Waals surface area contributed by atoms with Gasteiger partial charge in [0.25, 0.3) is 0 Å². The van der Waals surface area contributed by atoms with Crippen molar-refractivity contribution in [3.8, 4) is 11.1 Å². The van der Waals surface area contributed by atoms with Crippen molar-refractivity contribution in [3.05, 3.63) is 47.5 Å². The molecule has 1 heterocycles. The van der Waals surface area contributed by atoms with Gasteiger partial charge in [0, 0.05) is 11.3 Å². The van der Waals surface area contributed by atoms with E-state index in [-0.39, 0.29) is 11.8 Å². The smallest absolute Gasteiger partial charge is 0.228 e. The second-order valence-electron chi connectivity index (χ2n) is 7.07. The molecule has 0 spiro atoms. The van der Waals surface area contributed by atoms with Gasteiger partial charge in [0.1, 0.15) is 0 Å². The molecule has 1 amide bonds. The number of anilines is 1. The van der Waals surface area contributed by atoms with Gasteiger partial charge < -0.3 is 5.32 Å². The van der Waals surface area contributed by atoms with E-state index in [1.807, 2.05) is 6.07 Å². The summed E-state index contributed by atoms with van der Waals surface area (Å²) in [6.45, 7) is 4.26. The van der Waals surface area contributed by atoms with Crippen molar-refractivity contribution in [2.45, 2.75) is 39.5 Å². The highest BCUT2D eigenvalue weighted by Crippen LogP contribution is 2.32. The lowest BCUT2D eigenvalue weighted by molar-refractivity contribution is -0.119. The second-order valence-corrected chi connectivity index (χ2v) is 7.07. The normalized spacial score (nSPS) is 15.0. The summed E-state index contributed by atoms with van der Waals surface area (Å²) in [5, 5.41) is 11.4. The molecule has 0 atom stereocenters. The fraction of sp³-hybridized carbons (Fsp3) is 0.333. The van der Waals surface area contributed by atoms with Crippen LogP contribution < -0.4 is 5.32 Å². The number of benzene rings is 2. The van der Waals surface area contributed by atoms with E-state index < -0.39 is 0 Å². The molecule has 3 aromatic rings. The number of aromatic amines is 1. The third-order valence-electron chi connectivity index (χ3n) is 5.30. The number of nitrogens with one attached hydrogen (secondary N) is 2. The molecule has 1 fully saturated rings. The van der Waals surface area contributed by atoms with Gasteiger partial charge in [0.2, 0.25) is 5.91 Å². The molecular weight excluding hydrogens is 310 g/mol. The van der Waals surface area contributed by atoms with Crippen molar-refractivity contribution < 1.29 is 4.79 Å². The van der Waals surface area contributed by atoms with Crippen molar-refractivity contribution in [2.75, 3.05) is 5.32 Å². The molecule has 0 saturated heterocycles. The minimum Gasteiger partial charge on any atom is -0.308 e. The van der Waals surface area contributed by atoms with Gasteiger partial charge in [-0.1, -0.05) is 37.1 Å². The van der Waals surface area contributed by atoms with Gasteiger partial charge in [0.05, 0.1) is 5.52 Å². The molecule has 1 aliphatic rings. The van der Waals surface area contributed by atoms with E-state index >= 15 is 0 Å². The van der Waals surface area contributed by atoms with Crippen molar-refractivity contribution in [2.24, 2.45) is 5.92 Å². The van der Waals surface area contributed by atoms with E-state index in [0.29, 0.717) is 5.82 Å². The maximum absolute atomic E-state index is 12.4. The van der Waals surface area contributed by atoms with Crippen LogP contribution in [0, 0.1) is 19.8 Å². The summed E-state index contributed by atoms with van der Waals surface area (Å²) in [6.07, 6.45) is 4.28. The Morgan fingerprint density at radius 3 is 2.56 bits per heavy atom. The summed E-state index contributed by atoms with van der Waals surface area (Å²) < 4.78 is 0. The van der Waals surface area contributed by atoms with Crippen LogP contribution in [0.4, 0.5) is 5.82 Å². The summed E-state index contributed by atoms with van der Waals surface area (Å²) in [7, 11) is 0. The first-order valence-corrected chi connectivity index (χ1v) is 8.99. The first-order valence-electron chi connectivity index (χ1n) is 8.99. The number of amides is 1. The highest BCUT2D eigenvalue weighted by atomic mass is 16.2. The van der Waals surface area contributed by atoms with Crippen molar-refractivity contribution in [1.29, 1.82) is 0 Å². The lowest BCUT2D eigenvalue weighted by atomic mass is 9.95. The monoisotopic (exact) mass is 333 g/mol. The largest absolute Gasteiger partial charge is 0.308 e. The van der Waals surface area contributed by atoms with Gasteiger partial charge >= 0.3 is 0 Å². The Kier molecular flexibility index (Phi) is 4.04. The quantitative estimate of drug-likeness (QED) is 0.710. The Bertz CT molecular complexity index is 915. The van der Waals surface area contributed by atoms with Gasteiger partial charge in [-0.3, -0.25) is 9.89 Å². The summed E-state index contributed by atoms with van der Waals surface area (Å²) >= 11 is 0. The van der Waals surface area contributed by atoms with E-state index in [1.165, 1.54) is 22.3 Å². The molecule has 4 nitrogen and oxygen atoms in total. The van der Waals surface area contributed by atoms with Crippen LogP contribution >= 0.6 is 0 Å². The van der Waals surface area contributed by atoms with Gasteiger partial charge in [0.15, 0.2) is 5.82 Å². The standard InChI is InChI=1S/C21H23N3O/c1-13-6-5-7-14(2)19(13)16-10-11-17-18(12-16)23-24-20(17)22-21(25)15-8-3-4-9-15/h5-7,10-12,15H,3-4,8-9H2,1-2H3,(H2,22,23,24,25). The van der Waals surface area contributed by atoms with Crippen molar-refractivity contribution in [1.82, 2.24) is 10.2 Å². The van der Waals surface area contributed by atoms with Crippen LogP contribution in [-0.2, 0) is 4.79 Å². The number of hydrogen-bond acceptors (Lipinski definition) is 2. The molecule has 0 bridgehead atoms. The predicted octanol–water partition coefficient (Wildman–Crippen LogP) is 4.98. The maximum atomic E-state index is 12.4. The number of nitrogens with zero attached hydrogens (tertiary/aromatic N) is 1. The van der Waals surface area contributed by atoms with Gasteiger partial charge in [-0.25, -0.2) is 0 Å². The number of carbonyl (C=O) groups is 1. The zero-order valence-corrected chi connectivity index (χ0v) is 14.7. The zero-order chi connectivity index (χ0) is 17.4. The molecule has 2 N–H and O–H groups in total. The lowest BCUT2D eigenvalue weighted by Gasteiger charge is -2.10. The minimum absolute atomic E-state index is 0.102. The zero-order valence-electron chi connectivity index (χ0n) is 14.7. The molecule has 0 unspecified atom stereocenters. The molecule has 25 heavy (non-hydrogen) atoms. The van der Waals surface area contributed by atoms with Crippen LogP contribution in [0.3, 0.4) is 0 Å². The highest BCUT2D eigenvalue weighted by molar-refractivity contribution is 6.01. The Labute approximate surface area is 147 Å². The van der Waals surface area contributed by atoms with E-state index in [4.69, 9.17) is 0 Å². The van der Waals surface area contributed by atoms with Crippen LogP contribution in [0.1, 0.15) is 36.8 Å². The number of rotatable bonds is 3. The number of H-pyrrole nitrogens is 1. The summed E-state index contributed by atoms with van der Waals surface area (Å²) in [6, 6.07) is 12.6. The maximum Gasteiger partial charge on any atom is 0.228 e. The third-order valence-corrected chi connectivity index (χ3v) is 5.30. The number of carbonyl (C=O) groups excluding carboxylic acids is 1. The number of aromatic nitrogens is 2. The average molecular weight is 333 g/mol. The first kappa shape index (κ1) is 15.9. The topological polar surface area (TPSA) is 57.8 Å². The van der Waals surface area contributed by atoms with Crippen LogP contribution in [0.5, 0.6) is 0 Å². The van der Waals surface area contributed by atoms with Crippen LogP contribution in [-0.4, -0.2) is 16.1 Å². The van der Waals surface area contributed by atoms with E-state index in [9.17, 15) is 4.79 Å². The average Bonchev–Trinajstić information content (AvgIpc) is 3.25. The molecule has 1 aromatic heterocycles.